The van der Waals surface area contributed by atoms with Gasteiger partial charge in [-0.3, -0.25) is 5.10 Å². The highest BCUT2D eigenvalue weighted by atomic mass is 15.3. The van der Waals surface area contributed by atoms with Crippen molar-refractivity contribution in [1.82, 2.24) is 10.2 Å². The standard InChI is InChI=1S/C11H17N4/c1-2-6-14(5-1)10-9-12-13-11(10)15-7-3-4-8-15/h1-8H2,(H,12,13). The number of nitrogens with zero attached hydrogens (tertiary/aromatic N) is 3. The molecule has 15 heavy (non-hydrogen) atoms. The highest BCUT2D eigenvalue weighted by Gasteiger charge is 2.22. The summed E-state index contributed by atoms with van der Waals surface area (Å²) in [7, 11) is 0. The van der Waals surface area contributed by atoms with Crippen molar-refractivity contribution in [3.63, 3.8) is 0 Å². The Bertz CT molecular complexity index is 291. The van der Waals surface area contributed by atoms with Crippen LogP contribution in [-0.2, 0) is 0 Å². The first-order chi connectivity index (χ1) is 7.45. The molecule has 2 saturated heterocycles. The van der Waals surface area contributed by atoms with Crippen LogP contribution in [0.3, 0.4) is 0 Å². The fraction of sp³-hybridized carbons (Fsp3) is 0.727. The second kappa shape index (κ2) is 3.76. The fourth-order valence-corrected chi connectivity index (χ4v) is 2.56. The van der Waals surface area contributed by atoms with Crippen LogP contribution in [0.25, 0.3) is 0 Å². The molecule has 3 rings (SSSR count). The van der Waals surface area contributed by atoms with Crippen molar-refractivity contribution in [2.75, 3.05) is 36.0 Å². The highest BCUT2D eigenvalue weighted by Crippen LogP contribution is 2.30. The van der Waals surface area contributed by atoms with Crippen molar-refractivity contribution in [2.24, 2.45) is 0 Å². The largest absolute Gasteiger partial charge is 0.367 e. The highest BCUT2D eigenvalue weighted by molar-refractivity contribution is 5.66. The SMILES string of the molecule is [c]1n[nH]c(N2CCCC2)c1N1CCCC1. The molecule has 4 nitrogen and oxygen atoms in total. The monoisotopic (exact) mass is 205 g/mol. The second-order valence-electron chi connectivity index (χ2n) is 4.42. The van der Waals surface area contributed by atoms with Crippen LogP contribution in [0.1, 0.15) is 25.7 Å². The van der Waals surface area contributed by atoms with Gasteiger partial charge in [0.25, 0.3) is 0 Å². The molecule has 0 aliphatic carbocycles. The normalized spacial score (nSPS) is 21.6. The first kappa shape index (κ1) is 9.07. The van der Waals surface area contributed by atoms with E-state index in [1.165, 1.54) is 37.2 Å². The molecule has 0 atom stereocenters. The van der Waals surface area contributed by atoms with Gasteiger partial charge in [0.15, 0.2) is 0 Å². The molecule has 2 aliphatic heterocycles. The lowest BCUT2D eigenvalue weighted by Crippen LogP contribution is -2.24. The van der Waals surface area contributed by atoms with Gasteiger partial charge in [0.2, 0.25) is 0 Å². The van der Waals surface area contributed by atoms with Crippen molar-refractivity contribution >= 4 is 11.5 Å². The summed E-state index contributed by atoms with van der Waals surface area (Å²) in [6.45, 7) is 4.65. The molecule has 3 heterocycles. The van der Waals surface area contributed by atoms with E-state index in [4.69, 9.17) is 0 Å². The molecule has 2 fully saturated rings. The third-order valence-corrected chi connectivity index (χ3v) is 3.39. The van der Waals surface area contributed by atoms with Gasteiger partial charge < -0.3 is 9.80 Å². The molecule has 1 aromatic rings. The van der Waals surface area contributed by atoms with Crippen LogP contribution >= 0.6 is 0 Å². The first-order valence-electron chi connectivity index (χ1n) is 5.91. The van der Waals surface area contributed by atoms with Gasteiger partial charge >= 0.3 is 0 Å². The van der Waals surface area contributed by atoms with Crippen LogP contribution in [0, 0.1) is 6.20 Å². The summed E-state index contributed by atoms with van der Waals surface area (Å²) in [6, 6.07) is 0. The van der Waals surface area contributed by atoms with Crippen molar-refractivity contribution < 1.29 is 0 Å². The van der Waals surface area contributed by atoms with Crippen molar-refractivity contribution in [3.8, 4) is 0 Å². The predicted molar refractivity (Wildman–Crippen MR) is 60.3 cm³/mol. The van der Waals surface area contributed by atoms with Crippen LogP contribution < -0.4 is 9.80 Å². The van der Waals surface area contributed by atoms with E-state index in [9.17, 15) is 0 Å². The van der Waals surface area contributed by atoms with E-state index in [1.54, 1.807) is 0 Å². The maximum atomic E-state index is 4.08. The summed E-state index contributed by atoms with van der Waals surface area (Å²) >= 11 is 0. The molecule has 81 valence electrons. The number of aromatic amines is 1. The Labute approximate surface area is 90.3 Å². The average molecular weight is 205 g/mol. The second-order valence-corrected chi connectivity index (χ2v) is 4.42. The zero-order valence-electron chi connectivity index (χ0n) is 9.00. The van der Waals surface area contributed by atoms with Crippen molar-refractivity contribution in [3.05, 3.63) is 6.20 Å². The molecule has 4 heteroatoms. The summed E-state index contributed by atoms with van der Waals surface area (Å²) in [5.74, 6) is 1.19. The number of aromatic nitrogens is 2. The van der Waals surface area contributed by atoms with Crippen LogP contribution in [0.2, 0.25) is 0 Å². The van der Waals surface area contributed by atoms with E-state index >= 15 is 0 Å². The van der Waals surface area contributed by atoms with Crippen molar-refractivity contribution in [2.45, 2.75) is 25.7 Å². The summed E-state index contributed by atoms with van der Waals surface area (Å²) in [4.78, 5) is 4.80. The van der Waals surface area contributed by atoms with Crippen LogP contribution in [0.5, 0.6) is 0 Å². The third kappa shape index (κ3) is 1.58. The Balaban J connectivity index is 1.84. The van der Waals surface area contributed by atoms with E-state index < -0.39 is 0 Å². The van der Waals surface area contributed by atoms with Gasteiger partial charge in [-0.25, -0.2) is 0 Å². The number of hydrogen-bond acceptors (Lipinski definition) is 3. The number of H-pyrrole nitrogens is 1. The Hall–Kier alpha value is -1.19. The maximum Gasteiger partial charge on any atom is 0.148 e. The maximum absolute atomic E-state index is 4.08. The predicted octanol–water partition coefficient (Wildman–Crippen LogP) is 1.41. The van der Waals surface area contributed by atoms with Gasteiger partial charge in [-0.2, -0.15) is 5.10 Å². The lowest BCUT2D eigenvalue weighted by molar-refractivity contribution is 0.904. The zero-order chi connectivity index (χ0) is 10.1. The molecule has 0 spiro atoms. The average Bonchev–Trinajstić information content (AvgIpc) is 3.01. The quantitative estimate of drug-likeness (QED) is 0.793. The minimum Gasteiger partial charge on any atom is -0.367 e. The molecule has 0 saturated carbocycles. The Morgan fingerprint density at radius 1 is 0.933 bits per heavy atom. The van der Waals surface area contributed by atoms with Gasteiger partial charge in [0.05, 0.1) is 0 Å². The topological polar surface area (TPSA) is 35.2 Å². The smallest absolute Gasteiger partial charge is 0.148 e. The van der Waals surface area contributed by atoms with E-state index in [1.807, 2.05) is 0 Å². The summed E-state index contributed by atoms with van der Waals surface area (Å²) in [5, 5.41) is 7.18. The number of hydrogen-bond donors (Lipinski definition) is 1. The van der Waals surface area contributed by atoms with Crippen LogP contribution in [-0.4, -0.2) is 36.4 Å². The van der Waals surface area contributed by atoms with Gasteiger partial charge in [-0.15, -0.1) is 0 Å². The molecular formula is C11H17N4. The molecule has 2 aliphatic rings. The Morgan fingerprint density at radius 3 is 2.20 bits per heavy atom. The van der Waals surface area contributed by atoms with Gasteiger partial charge in [0.1, 0.15) is 17.7 Å². The first-order valence-corrected chi connectivity index (χ1v) is 5.91. The van der Waals surface area contributed by atoms with E-state index in [2.05, 4.69) is 26.2 Å². The number of rotatable bonds is 2. The molecular weight excluding hydrogens is 188 g/mol. The minimum atomic E-state index is 1.16. The number of nitrogens with one attached hydrogen (secondary N) is 1. The number of anilines is 2. The third-order valence-electron chi connectivity index (χ3n) is 3.39. The van der Waals surface area contributed by atoms with E-state index in [0.717, 1.165) is 26.2 Å². The van der Waals surface area contributed by atoms with Crippen LogP contribution in [0.4, 0.5) is 11.5 Å². The van der Waals surface area contributed by atoms with E-state index in [0.29, 0.717) is 0 Å². The van der Waals surface area contributed by atoms with Crippen LogP contribution in [0.15, 0.2) is 0 Å². The molecule has 0 unspecified atom stereocenters. The zero-order valence-corrected chi connectivity index (χ0v) is 9.00. The molecule has 1 radical (unpaired) electrons. The lowest BCUT2D eigenvalue weighted by atomic mass is 10.4. The fourth-order valence-electron chi connectivity index (χ4n) is 2.56. The molecule has 0 bridgehead atoms. The molecule has 0 aromatic carbocycles. The van der Waals surface area contributed by atoms with Gasteiger partial charge in [0, 0.05) is 26.2 Å². The summed E-state index contributed by atoms with van der Waals surface area (Å²) in [6.07, 6.45) is 8.32. The Kier molecular flexibility index (Phi) is 2.27. The summed E-state index contributed by atoms with van der Waals surface area (Å²) in [5.41, 5.74) is 1.19. The molecule has 1 aromatic heterocycles. The van der Waals surface area contributed by atoms with Gasteiger partial charge in [-0.1, -0.05) is 0 Å². The lowest BCUT2D eigenvalue weighted by Gasteiger charge is -2.22. The molecule has 1 N–H and O–H groups in total. The van der Waals surface area contributed by atoms with E-state index in [-0.39, 0.29) is 0 Å². The summed E-state index contributed by atoms with van der Waals surface area (Å²) < 4.78 is 0. The minimum absolute atomic E-state index is 1.16. The Morgan fingerprint density at radius 2 is 1.53 bits per heavy atom. The molecule has 0 amide bonds. The van der Waals surface area contributed by atoms with Gasteiger partial charge in [-0.05, 0) is 25.7 Å². The van der Waals surface area contributed by atoms with Crippen molar-refractivity contribution in [1.29, 1.82) is 0 Å².